The Kier molecular flexibility index (Phi) is 9.72. The van der Waals surface area contributed by atoms with E-state index in [1.165, 1.54) is 5.56 Å². The second kappa shape index (κ2) is 13.5. The van der Waals surface area contributed by atoms with Crippen molar-refractivity contribution in [1.82, 2.24) is 25.0 Å². The third kappa shape index (κ3) is 6.73. The number of nitrogens with zero attached hydrogens (tertiary/aromatic N) is 3. The van der Waals surface area contributed by atoms with Crippen molar-refractivity contribution in [2.75, 3.05) is 57.7 Å². The molecule has 0 radical (unpaired) electrons. The highest BCUT2D eigenvalue weighted by atomic mass is 16.2. The maximum absolute atomic E-state index is 13.1. The van der Waals surface area contributed by atoms with Crippen molar-refractivity contribution in [2.24, 2.45) is 0 Å². The number of anilines is 1. The minimum atomic E-state index is -0.115. The SMILES string of the molecule is CCN(CC)CCNC(=O)c1c(C)[nH]c(/C=C2\C(=O)Nc3ccc(C4CCN(C5CCN(C(C)=O)CC5)CC4)cc32)c1C. The van der Waals surface area contributed by atoms with Gasteiger partial charge < -0.3 is 30.3 Å². The van der Waals surface area contributed by atoms with Gasteiger partial charge >= 0.3 is 0 Å². The van der Waals surface area contributed by atoms with Crippen LogP contribution in [0.25, 0.3) is 11.6 Å². The molecule has 3 amide bonds. The number of benzene rings is 1. The largest absolute Gasteiger partial charge is 0.358 e. The zero-order valence-corrected chi connectivity index (χ0v) is 26.5. The summed E-state index contributed by atoms with van der Waals surface area (Å²) < 4.78 is 0. The zero-order valence-electron chi connectivity index (χ0n) is 26.5. The Morgan fingerprint density at radius 2 is 1.74 bits per heavy atom. The minimum absolute atomic E-state index is 0.0858. The molecule has 5 rings (SSSR count). The van der Waals surface area contributed by atoms with Gasteiger partial charge in [-0.15, -0.1) is 0 Å². The average molecular weight is 589 g/mol. The summed E-state index contributed by atoms with van der Waals surface area (Å²) in [5.41, 5.74) is 6.77. The molecular weight excluding hydrogens is 540 g/mol. The number of amides is 3. The fourth-order valence-electron chi connectivity index (χ4n) is 7.11. The molecule has 43 heavy (non-hydrogen) atoms. The van der Waals surface area contributed by atoms with Crippen molar-refractivity contribution >= 4 is 35.1 Å². The Labute approximate surface area is 256 Å². The van der Waals surface area contributed by atoms with Gasteiger partial charge in [-0.2, -0.15) is 0 Å². The van der Waals surface area contributed by atoms with E-state index < -0.39 is 0 Å². The second-order valence-corrected chi connectivity index (χ2v) is 12.3. The molecule has 2 aromatic rings. The summed E-state index contributed by atoms with van der Waals surface area (Å²) in [5, 5.41) is 6.10. The number of aryl methyl sites for hydroxylation is 1. The molecule has 2 fully saturated rings. The van der Waals surface area contributed by atoms with Gasteiger partial charge in [0.15, 0.2) is 0 Å². The topological polar surface area (TPSA) is 101 Å². The predicted octanol–water partition coefficient (Wildman–Crippen LogP) is 4.39. The van der Waals surface area contributed by atoms with Gasteiger partial charge in [-0.3, -0.25) is 14.4 Å². The lowest BCUT2D eigenvalue weighted by Gasteiger charge is -2.41. The number of hydrogen-bond donors (Lipinski definition) is 3. The van der Waals surface area contributed by atoms with Gasteiger partial charge in [-0.05, 0) is 101 Å². The van der Waals surface area contributed by atoms with Crippen molar-refractivity contribution in [3.05, 3.63) is 51.8 Å². The van der Waals surface area contributed by atoms with Gasteiger partial charge in [-0.1, -0.05) is 19.9 Å². The van der Waals surface area contributed by atoms with Crippen LogP contribution in [-0.4, -0.2) is 95.8 Å². The molecule has 2 saturated heterocycles. The lowest BCUT2D eigenvalue weighted by molar-refractivity contribution is -0.130. The minimum Gasteiger partial charge on any atom is -0.358 e. The first-order valence-corrected chi connectivity index (χ1v) is 16.1. The van der Waals surface area contributed by atoms with Gasteiger partial charge in [0.25, 0.3) is 11.8 Å². The molecule has 3 aliphatic rings. The number of rotatable bonds is 9. The summed E-state index contributed by atoms with van der Waals surface area (Å²) in [4.78, 5) is 48.1. The highest BCUT2D eigenvalue weighted by molar-refractivity contribution is 6.35. The first-order chi connectivity index (χ1) is 20.7. The molecule has 232 valence electrons. The van der Waals surface area contributed by atoms with E-state index in [-0.39, 0.29) is 17.7 Å². The number of likely N-dealkylation sites (tertiary alicyclic amines) is 2. The van der Waals surface area contributed by atoms with Crippen LogP contribution in [0.4, 0.5) is 5.69 Å². The highest BCUT2D eigenvalue weighted by Crippen LogP contribution is 2.38. The third-order valence-electron chi connectivity index (χ3n) is 9.85. The molecule has 1 aromatic heterocycles. The van der Waals surface area contributed by atoms with Crippen LogP contribution in [0.3, 0.4) is 0 Å². The average Bonchev–Trinajstić information content (AvgIpc) is 3.48. The van der Waals surface area contributed by atoms with Gasteiger partial charge in [0, 0.05) is 61.8 Å². The van der Waals surface area contributed by atoms with Crippen molar-refractivity contribution in [1.29, 1.82) is 0 Å². The number of carbonyl (C=O) groups excluding carboxylic acids is 3. The lowest BCUT2D eigenvalue weighted by atomic mass is 9.86. The molecule has 0 saturated carbocycles. The Morgan fingerprint density at radius 3 is 2.40 bits per heavy atom. The number of likely N-dealkylation sites (N-methyl/N-ethyl adjacent to an activating group) is 1. The molecule has 4 heterocycles. The van der Waals surface area contributed by atoms with Crippen LogP contribution in [0.15, 0.2) is 18.2 Å². The Bertz CT molecular complexity index is 1370. The number of hydrogen-bond acceptors (Lipinski definition) is 5. The van der Waals surface area contributed by atoms with Gasteiger partial charge in [0.2, 0.25) is 5.91 Å². The first-order valence-electron chi connectivity index (χ1n) is 16.1. The fourth-order valence-corrected chi connectivity index (χ4v) is 7.11. The quantitative estimate of drug-likeness (QED) is 0.378. The Morgan fingerprint density at radius 1 is 1.05 bits per heavy atom. The van der Waals surface area contributed by atoms with E-state index in [1.54, 1.807) is 6.92 Å². The summed E-state index contributed by atoms with van der Waals surface area (Å²) in [6, 6.07) is 6.96. The summed E-state index contributed by atoms with van der Waals surface area (Å²) in [6.07, 6.45) is 6.20. The van der Waals surface area contributed by atoms with Gasteiger partial charge in [-0.25, -0.2) is 0 Å². The fraction of sp³-hybridized carbons (Fsp3) is 0.559. The molecule has 3 aliphatic heterocycles. The van der Waals surface area contributed by atoms with Gasteiger partial charge in [0.1, 0.15) is 0 Å². The maximum atomic E-state index is 13.1. The van der Waals surface area contributed by atoms with Crippen LogP contribution in [0.1, 0.15) is 90.8 Å². The van der Waals surface area contributed by atoms with E-state index in [0.29, 0.717) is 29.6 Å². The van der Waals surface area contributed by atoms with E-state index in [0.717, 1.165) is 99.7 Å². The number of carbonyl (C=O) groups is 3. The van der Waals surface area contributed by atoms with Crippen molar-refractivity contribution in [2.45, 2.75) is 72.3 Å². The third-order valence-corrected chi connectivity index (χ3v) is 9.85. The van der Waals surface area contributed by atoms with Crippen LogP contribution < -0.4 is 10.6 Å². The molecule has 0 bridgehead atoms. The number of piperidine rings is 2. The molecule has 0 aliphatic carbocycles. The van der Waals surface area contributed by atoms with E-state index in [9.17, 15) is 14.4 Å². The molecule has 0 spiro atoms. The smallest absolute Gasteiger partial charge is 0.256 e. The van der Waals surface area contributed by atoms with Crippen LogP contribution in [0, 0.1) is 13.8 Å². The molecule has 3 N–H and O–H groups in total. The number of aromatic nitrogens is 1. The van der Waals surface area contributed by atoms with E-state index in [2.05, 4.69) is 51.4 Å². The monoisotopic (exact) mass is 588 g/mol. The van der Waals surface area contributed by atoms with Crippen LogP contribution in [-0.2, 0) is 9.59 Å². The normalized spacial score (nSPS) is 19.3. The van der Waals surface area contributed by atoms with Gasteiger partial charge in [0.05, 0.1) is 11.1 Å². The van der Waals surface area contributed by atoms with E-state index in [1.807, 2.05) is 30.9 Å². The van der Waals surface area contributed by atoms with Crippen LogP contribution in [0.2, 0.25) is 0 Å². The van der Waals surface area contributed by atoms with Crippen molar-refractivity contribution in [3.63, 3.8) is 0 Å². The predicted molar refractivity (Wildman–Crippen MR) is 172 cm³/mol. The summed E-state index contributed by atoms with van der Waals surface area (Å²) in [7, 11) is 0. The van der Waals surface area contributed by atoms with Crippen molar-refractivity contribution in [3.8, 4) is 0 Å². The van der Waals surface area contributed by atoms with Crippen molar-refractivity contribution < 1.29 is 14.4 Å². The summed E-state index contributed by atoms with van der Waals surface area (Å²) in [6.45, 7) is 16.9. The summed E-state index contributed by atoms with van der Waals surface area (Å²) >= 11 is 0. The number of aromatic amines is 1. The van der Waals surface area contributed by atoms with Crippen LogP contribution >= 0.6 is 0 Å². The summed E-state index contributed by atoms with van der Waals surface area (Å²) in [5.74, 6) is 0.439. The molecule has 9 nitrogen and oxygen atoms in total. The van der Waals surface area contributed by atoms with Crippen LogP contribution in [0.5, 0.6) is 0 Å². The van der Waals surface area contributed by atoms with E-state index >= 15 is 0 Å². The molecule has 0 unspecified atom stereocenters. The lowest BCUT2D eigenvalue weighted by Crippen LogP contribution is -2.48. The maximum Gasteiger partial charge on any atom is 0.256 e. The Hall–Kier alpha value is -3.43. The highest BCUT2D eigenvalue weighted by Gasteiger charge is 2.31. The first kappa shape index (κ1) is 31.0. The number of H-pyrrole nitrogens is 1. The van der Waals surface area contributed by atoms with E-state index in [4.69, 9.17) is 0 Å². The molecule has 1 aromatic carbocycles. The molecule has 0 atom stereocenters. The molecule has 9 heteroatoms. The second-order valence-electron chi connectivity index (χ2n) is 12.3. The number of nitrogens with one attached hydrogen (secondary N) is 3. The zero-order chi connectivity index (χ0) is 30.7. The standard InChI is InChI=1S/C34H48N6O3/c1-6-38(7-2)19-14-35-34(43)32-22(3)31(36-23(32)4)21-29-28-20-26(8-9-30(28)37-33(29)42)25-10-15-40(16-11-25)27-12-17-39(18-13-27)24(5)41/h8-9,20-21,25,27,36H,6-7,10-19H2,1-5H3,(H,35,43)(H,37,42)/b29-21-. The number of fused-ring (bicyclic) bond motifs is 1. The Balaban J connectivity index is 1.26. The molecular formula is C34H48N6O3.